The maximum Gasteiger partial charge on any atom is 0.239 e. The molecule has 2 aromatic carbocycles. The lowest BCUT2D eigenvalue weighted by atomic mass is 10.1. The molecule has 37 heavy (non-hydrogen) atoms. The van der Waals surface area contributed by atoms with Crippen molar-refractivity contribution in [1.29, 1.82) is 0 Å². The number of carbonyl (C=O) groups excluding carboxylic acids is 3. The lowest BCUT2D eigenvalue weighted by Crippen LogP contribution is -2.48. The van der Waals surface area contributed by atoms with Gasteiger partial charge in [-0.3, -0.25) is 14.4 Å². The molecule has 8 heteroatoms. The Hall–Kier alpha value is -3.39. The minimum atomic E-state index is -0.345. The molecule has 0 radical (unpaired) electrons. The van der Waals surface area contributed by atoms with Crippen molar-refractivity contribution in [2.45, 2.75) is 52.5 Å². The number of para-hydroxylation sites is 1. The molecule has 8 nitrogen and oxygen atoms in total. The van der Waals surface area contributed by atoms with Crippen LogP contribution >= 0.6 is 0 Å². The van der Waals surface area contributed by atoms with Gasteiger partial charge in [-0.15, -0.1) is 0 Å². The van der Waals surface area contributed by atoms with E-state index in [1.807, 2.05) is 56.3 Å². The molecule has 0 saturated carbocycles. The number of rotatable bonds is 16. The zero-order valence-corrected chi connectivity index (χ0v) is 22.8. The predicted molar refractivity (Wildman–Crippen MR) is 149 cm³/mol. The molecule has 3 amide bonds. The summed E-state index contributed by atoms with van der Waals surface area (Å²) in [5.74, 6) is 0.565. The van der Waals surface area contributed by atoms with Crippen molar-refractivity contribution < 1.29 is 19.1 Å². The Bertz CT molecular complexity index is 908. The summed E-state index contributed by atoms with van der Waals surface area (Å²) in [5.41, 5.74) is 2.41. The van der Waals surface area contributed by atoms with Crippen LogP contribution in [0.15, 0.2) is 54.6 Å². The number of hydrogen-bond donors (Lipinski definition) is 3. The van der Waals surface area contributed by atoms with Crippen molar-refractivity contribution >= 4 is 18.2 Å². The van der Waals surface area contributed by atoms with Gasteiger partial charge in [0.2, 0.25) is 18.2 Å². The first-order valence-electron chi connectivity index (χ1n) is 13.1. The number of ether oxygens (including phenoxy) is 1. The van der Waals surface area contributed by atoms with Crippen molar-refractivity contribution in [3.8, 4) is 5.75 Å². The fraction of sp³-hybridized carbons (Fsp3) is 0.483. The molecule has 2 rings (SSSR count). The van der Waals surface area contributed by atoms with E-state index in [9.17, 15) is 14.4 Å². The zero-order chi connectivity index (χ0) is 27.3. The first-order chi connectivity index (χ1) is 17.9. The van der Waals surface area contributed by atoms with E-state index in [2.05, 4.69) is 35.0 Å². The maximum absolute atomic E-state index is 12.7. The van der Waals surface area contributed by atoms with Crippen molar-refractivity contribution in [3.63, 3.8) is 0 Å². The van der Waals surface area contributed by atoms with E-state index in [1.54, 1.807) is 7.05 Å². The summed E-state index contributed by atoms with van der Waals surface area (Å²) in [6, 6.07) is 17.8. The van der Waals surface area contributed by atoms with Gasteiger partial charge in [0.05, 0.1) is 12.6 Å². The summed E-state index contributed by atoms with van der Waals surface area (Å²) < 4.78 is 5.92. The molecule has 0 fully saturated rings. The van der Waals surface area contributed by atoms with Gasteiger partial charge in [0, 0.05) is 26.7 Å². The number of nitrogens with one attached hydrogen (secondary N) is 3. The quantitative estimate of drug-likeness (QED) is 0.237. The van der Waals surface area contributed by atoms with Gasteiger partial charge in [-0.1, -0.05) is 67.4 Å². The van der Waals surface area contributed by atoms with Crippen LogP contribution in [0.1, 0.15) is 44.2 Å². The van der Waals surface area contributed by atoms with Crippen molar-refractivity contribution in [1.82, 2.24) is 20.9 Å². The summed E-state index contributed by atoms with van der Waals surface area (Å²) in [7, 11) is 1.65. The molecule has 0 saturated heterocycles. The Balaban J connectivity index is 0.000000836. The zero-order valence-electron chi connectivity index (χ0n) is 22.8. The van der Waals surface area contributed by atoms with E-state index in [0.717, 1.165) is 30.6 Å². The third-order valence-corrected chi connectivity index (χ3v) is 5.52. The number of benzene rings is 2. The highest BCUT2D eigenvalue weighted by Crippen LogP contribution is 2.19. The Morgan fingerprint density at radius 2 is 1.73 bits per heavy atom. The van der Waals surface area contributed by atoms with Crippen molar-refractivity contribution in [3.05, 3.63) is 65.7 Å². The first-order valence-corrected chi connectivity index (χ1v) is 13.1. The largest absolute Gasteiger partial charge is 0.492 e. The van der Waals surface area contributed by atoms with E-state index in [0.29, 0.717) is 39.1 Å². The fourth-order valence-electron chi connectivity index (χ4n) is 3.63. The molecule has 0 spiro atoms. The van der Waals surface area contributed by atoms with Crippen LogP contribution < -0.4 is 20.7 Å². The number of hydrogen-bond acceptors (Lipinski definition) is 5. The van der Waals surface area contributed by atoms with E-state index in [1.165, 1.54) is 10.5 Å². The van der Waals surface area contributed by atoms with E-state index in [4.69, 9.17) is 4.74 Å². The maximum atomic E-state index is 12.7. The molecule has 2 aromatic rings. The van der Waals surface area contributed by atoms with Crippen LogP contribution in [-0.2, 0) is 20.8 Å². The third kappa shape index (κ3) is 14.1. The van der Waals surface area contributed by atoms with Crippen molar-refractivity contribution in [2.24, 2.45) is 0 Å². The summed E-state index contributed by atoms with van der Waals surface area (Å²) in [4.78, 5) is 36.2. The Morgan fingerprint density at radius 3 is 2.35 bits per heavy atom. The Morgan fingerprint density at radius 1 is 1.03 bits per heavy atom. The smallest absolute Gasteiger partial charge is 0.239 e. The van der Waals surface area contributed by atoms with Gasteiger partial charge in [0.15, 0.2) is 0 Å². The molecule has 0 aliphatic carbocycles. The number of amides is 3. The van der Waals surface area contributed by atoms with Gasteiger partial charge in [-0.05, 0) is 44.7 Å². The highest BCUT2D eigenvalue weighted by Gasteiger charge is 2.22. The van der Waals surface area contributed by atoms with Crippen LogP contribution in [0.2, 0.25) is 0 Å². The normalized spacial score (nSPS) is 10.9. The Kier molecular flexibility index (Phi) is 16.9. The second-order valence-corrected chi connectivity index (χ2v) is 8.73. The van der Waals surface area contributed by atoms with Crippen LogP contribution in [0.3, 0.4) is 0 Å². The highest BCUT2D eigenvalue weighted by molar-refractivity contribution is 5.87. The van der Waals surface area contributed by atoms with Crippen LogP contribution in [0, 0.1) is 6.92 Å². The summed E-state index contributed by atoms with van der Waals surface area (Å²) >= 11 is 0. The molecule has 0 bridgehead atoms. The topological polar surface area (TPSA) is 99.8 Å². The number of likely N-dealkylation sites (N-methyl/N-ethyl adjacent to an activating group) is 2. The number of nitrogens with zero attached hydrogens (tertiary/aromatic N) is 1. The summed E-state index contributed by atoms with van der Waals surface area (Å²) in [6.07, 6.45) is 3.90. The molecule has 1 unspecified atom stereocenters. The second-order valence-electron chi connectivity index (χ2n) is 8.73. The second kappa shape index (κ2) is 19.8. The average molecular weight is 513 g/mol. The van der Waals surface area contributed by atoms with E-state index >= 15 is 0 Å². The monoisotopic (exact) mass is 512 g/mol. The third-order valence-electron chi connectivity index (χ3n) is 5.52. The lowest BCUT2D eigenvalue weighted by Gasteiger charge is -2.24. The number of aryl methyl sites for hydroxylation is 2. The molecular weight excluding hydrogens is 468 g/mol. The van der Waals surface area contributed by atoms with Gasteiger partial charge >= 0.3 is 0 Å². The van der Waals surface area contributed by atoms with E-state index in [-0.39, 0.29) is 24.4 Å². The van der Waals surface area contributed by atoms with Gasteiger partial charge in [-0.25, -0.2) is 0 Å². The summed E-state index contributed by atoms with van der Waals surface area (Å²) in [6.45, 7) is 8.13. The molecule has 0 aromatic heterocycles. The summed E-state index contributed by atoms with van der Waals surface area (Å²) in [5, 5.41) is 8.63. The molecule has 1 atom stereocenters. The molecule has 3 N–H and O–H groups in total. The van der Waals surface area contributed by atoms with Crippen LogP contribution in [0.4, 0.5) is 0 Å². The standard InChI is InChI=1S/C22H36N4O4.C7H8/c1-4-9-19(22(29)26(3)16-21(28)24-5-2)25-14-15-30-20-12-7-6-10-18(20)11-8-13-23-17-27;1-7-5-3-2-4-6-7/h6-7,10,12,17,19,25H,4-5,8-9,11,13-16H2,1-3H3,(H,23,27)(H,24,28);2-6H,1H3. The van der Waals surface area contributed by atoms with E-state index < -0.39 is 0 Å². The van der Waals surface area contributed by atoms with Gasteiger partial charge in [0.25, 0.3) is 0 Å². The van der Waals surface area contributed by atoms with Crippen LogP contribution in [0.25, 0.3) is 0 Å². The molecule has 0 aliphatic heterocycles. The van der Waals surface area contributed by atoms with Crippen LogP contribution in [0.5, 0.6) is 5.75 Å². The predicted octanol–water partition coefficient (Wildman–Crippen LogP) is 3.09. The molecular formula is C29H44N4O4. The number of carbonyl (C=O) groups is 3. The average Bonchev–Trinajstić information content (AvgIpc) is 2.89. The SMILES string of the molecule is CCCC(NCCOc1ccccc1CCCNC=O)C(=O)N(C)CC(=O)NCC.Cc1ccccc1. The van der Waals surface area contributed by atoms with Gasteiger partial charge in [0.1, 0.15) is 12.4 Å². The first kappa shape index (κ1) is 31.6. The lowest BCUT2D eigenvalue weighted by molar-refractivity contribution is -0.136. The van der Waals surface area contributed by atoms with Gasteiger partial charge in [-0.2, -0.15) is 0 Å². The highest BCUT2D eigenvalue weighted by atomic mass is 16.5. The fourth-order valence-corrected chi connectivity index (χ4v) is 3.63. The minimum absolute atomic E-state index is 0.0530. The Labute approximate surface area is 222 Å². The van der Waals surface area contributed by atoms with Crippen LogP contribution in [-0.4, -0.2) is 69.0 Å². The van der Waals surface area contributed by atoms with Crippen molar-refractivity contribution in [2.75, 3.05) is 39.8 Å². The van der Waals surface area contributed by atoms with Gasteiger partial charge < -0.3 is 25.6 Å². The molecule has 204 valence electrons. The minimum Gasteiger partial charge on any atom is -0.492 e. The molecule has 0 heterocycles. The molecule has 0 aliphatic rings.